The van der Waals surface area contributed by atoms with E-state index in [1.165, 1.54) is 0 Å². The standard InChI is InChI=1S/C3H6N3O6/c4-3(12-6(9)10)1-2-11-5(7)8/h1,3H,2,4H2. The van der Waals surface area contributed by atoms with E-state index in [9.17, 15) is 20.2 Å². The van der Waals surface area contributed by atoms with Gasteiger partial charge in [-0.2, -0.15) is 0 Å². The van der Waals surface area contributed by atoms with Gasteiger partial charge < -0.3 is 10.6 Å². The molecule has 0 bridgehead atoms. The molecule has 0 aromatic carbocycles. The molecule has 9 nitrogen and oxygen atoms in total. The summed E-state index contributed by atoms with van der Waals surface area (Å²) in [5, 5.41) is 17.0. The van der Waals surface area contributed by atoms with Crippen LogP contribution in [0.2, 0.25) is 0 Å². The number of nitrogens with two attached hydrogens (primary N) is 1. The van der Waals surface area contributed by atoms with Crippen molar-refractivity contribution < 1.29 is 19.8 Å². The largest absolute Gasteiger partial charge is 0.313 e. The number of hydrogen-bond donors (Lipinski definition) is 1. The summed E-state index contributed by atoms with van der Waals surface area (Å²) in [7, 11) is 0. The van der Waals surface area contributed by atoms with Crippen molar-refractivity contribution in [3.05, 3.63) is 26.6 Å². The Hall–Kier alpha value is -1.64. The average molecular weight is 180 g/mol. The summed E-state index contributed by atoms with van der Waals surface area (Å²) in [6.07, 6.45) is -0.383. The summed E-state index contributed by atoms with van der Waals surface area (Å²) >= 11 is 0. The molecule has 0 saturated heterocycles. The van der Waals surface area contributed by atoms with Crippen LogP contribution in [0.25, 0.3) is 0 Å². The van der Waals surface area contributed by atoms with Gasteiger partial charge in [0.25, 0.3) is 10.2 Å². The fourth-order valence-corrected chi connectivity index (χ4v) is 0.341. The van der Waals surface area contributed by atoms with Crippen LogP contribution in [-0.2, 0) is 9.68 Å². The van der Waals surface area contributed by atoms with Gasteiger partial charge in [-0.15, -0.1) is 20.2 Å². The van der Waals surface area contributed by atoms with Crippen LogP contribution in [-0.4, -0.2) is 23.0 Å². The quantitative estimate of drug-likeness (QED) is 0.311. The van der Waals surface area contributed by atoms with Crippen LogP contribution in [0.1, 0.15) is 0 Å². The molecule has 1 unspecified atom stereocenters. The van der Waals surface area contributed by atoms with Gasteiger partial charge in [0.15, 0.2) is 6.23 Å². The van der Waals surface area contributed by atoms with Crippen molar-refractivity contribution in [1.29, 1.82) is 0 Å². The fraction of sp³-hybridized carbons (Fsp3) is 0.667. The zero-order valence-corrected chi connectivity index (χ0v) is 5.78. The highest BCUT2D eigenvalue weighted by Gasteiger charge is 2.08. The molecule has 0 aliphatic carbocycles. The van der Waals surface area contributed by atoms with Crippen LogP contribution in [0, 0.1) is 26.6 Å². The Labute approximate surface area is 66.3 Å². The smallest absolute Gasteiger partial charge is 0.296 e. The van der Waals surface area contributed by atoms with Gasteiger partial charge in [-0.1, -0.05) is 0 Å². The molecule has 0 aromatic rings. The lowest BCUT2D eigenvalue weighted by atomic mass is 10.4. The van der Waals surface area contributed by atoms with Crippen LogP contribution in [0.4, 0.5) is 0 Å². The third-order valence-electron chi connectivity index (χ3n) is 0.716. The molecule has 1 atom stereocenters. The predicted octanol–water partition coefficient (Wildman–Crippen LogP) is -1.11. The maximum Gasteiger partial charge on any atom is 0.296 e. The summed E-state index contributed by atoms with van der Waals surface area (Å²) in [5.41, 5.74) is 4.94. The van der Waals surface area contributed by atoms with Gasteiger partial charge in [0.2, 0.25) is 0 Å². The Balaban J connectivity index is 3.37. The molecule has 9 heteroatoms. The molecular weight excluding hydrogens is 174 g/mol. The molecule has 0 aliphatic heterocycles. The van der Waals surface area contributed by atoms with Crippen LogP contribution in [0.5, 0.6) is 0 Å². The summed E-state index contributed by atoms with van der Waals surface area (Å²) in [6.45, 7) is -0.456. The minimum absolute atomic E-state index is 0.456. The molecule has 0 fully saturated rings. The van der Waals surface area contributed by atoms with E-state index in [1.807, 2.05) is 0 Å². The summed E-state index contributed by atoms with van der Waals surface area (Å²) in [4.78, 5) is 26.7. The van der Waals surface area contributed by atoms with Crippen LogP contribution < -0.4 is 5.73 Å². The Kier molecular flexibility index (Phi) is 4.38. The maximum atomic E-state index is 9.62. The molecular formula is C3H6N3O6. The summed E-state index contributed by atoms with van der Waals surface area (Å²) in [6, 6.07) is 0. The molecule has 2 N–H and O–H groups in total. The molecule has 0 aliphatic rings. The van der Waals surface area contributed by atoms with Gasteiger partial charge in [-0.25, -0.2) is 0 Å². The van der Waals surface area contributed by atoms with Gasteiger partial charge in [0, 0.05) is 6.42 Å². The van der Waals surface area contributed by atoms with Crippen molar-refractivity contribution in [2.75, 3.05) is 6.61 Å². The second-order valence-electron chi connectivity index (χ2n) is 1.55. The first-order valence-corrected chi connectivity index (χ1v) is 2.69. The normalized spacial score (nSPS) is 11.8. The first kappa shape index (κ1) is 10.4. The molecule has 0 heterocycles. The number of nitrogens with zero attached hydrogens (tertiary/aromatic N) is 2. The third-order valence-corrected chi connectivity index (χ3v) is 0.716. The van der Waals surface area contributed by atoms with Crippen molar-refractivity contribution >= 4 is 0 Å². The van der Waals surface area contributed by atoms with E-state index in [2.05, 4.69) is 9.68 Å². The molecule has 0 spiro atoms. The van der Waals surface area contributed by atoms with E-state index in [0.29, 0.717) is 0 Å². The second-order valence-corrected chi connectivity index (χ2v) is 1.55. The first-order valence-electron chi connectivity index (χ1n) is 2.69. The van der Waals surface area contributed by atoms with Crippen molar-refractivity contribution in [3.8, 4) is 0 Å². The monoisotopic (exact) mass is 180 g/mol. The van der Waals surface area contributed by atoms with Gasteiger partial charge >= 0.3 is 0 Å². The van der Waals surface area contributed by atoms with E-state index in [4.69, 9.17) is 5.73 Å². The second kappa shape index (κ2) is 5.07. The van der Waals surface area contributed by atoms with Crippen molar-refractivity contribution in [2.24, 2.45) is 5.73 Å². The molecule has 1 radical (unpaired) electrons. The molecule has 0 rings (SSSR count). The van der Waals surface area contributed by atoms with E-state index in [-0.39, 0.29) is 0 Å². The minimum Gasteiger partial charge on any atom is -0.313 e. The summed E-state index contributed by atoms with van der Waals surface area (Å²) < 4.78 is 0. The maximum absolute atomic E-state index is 9.62. The summed E-state index contributed by atoms with van der Waals surface area (Å²) in [5.74, 6) is 0. The SMILES string of the molecule is NC([CH]CO[N+](=O)[O-])O[N+](=O)[O-]. The Bertz CT molecular complexity index is 171. The molecule has 69 valence electrons. The molecule has 12 heavy (non-hydrogen) atoms. The topological polar surface area (TPSA) is 131 Å². The highest BCUT2D eigenvalue weighted by Crippen LogP contribution is 1.90. The van der Waals surface area contributed by atoms with Crippen LogP contribution in [0.3, 0.4) is 0 Å². The molecule has 0 amide bonds. The number of rotatable bonds is 6. The Morgan fingerprint density at radius 1 is 1.42 bits per heavy atom. The van der Waals surface area contributed by atoms with Crippen molar-refractivity contribution in [2.45, 2.75) is 6.23 Å². The van der Waals surface area contributed by atoms with E-state index in [1.54, 1.807) is 0 Å². The lowest BCUT2D eigenvalue weighted by Crippen LogP contribution is -2.29. The molecule has 0 aromatic heterocycles. The lowest BCUT2D eigenvalue weighted by molar-refractivity contribution is -0.770. The van der Waals surface area contributed by atoms with Crippen molar-refractivity contribution in [1.82, 2.24) is 0 Å². The highest BCUT2D eigenvalue weighted by molar-refractivity contribution is 4.68. The third kappa shape index (κ3) is 6.48. The van der Waals surface area contributed by atoms with E-state index in [0.717, 1.165) is 6.42 Å². The average Bonchev–Trinajstić information content (AvgIpc) is 1.84. The van der Waals surface area contributed by atoms with E-state index >= 15 is 0 Å². The van der Waals surface area contributed by atoms with Crippen LogP contribution >= 0.6 is 0 Å². The Morgan fingerprint density at radius 2 is 2.00 bits per heavy atom. The molecule has 0 saturated carbocycles. The van der Waals surface area contributed by atoms with Gasteiger partial charge in [0.05, 0.1) is 0 Å². The van der Waals surface area contributed by atoms with Crippen molar-refractivity contribution in [3.63, 3.8) is 0 Å². The first-order chi connectivity index (χ1) is 5.52. The van der Waals surface area contributed by atoms with Gasteiger partial charge in [-0.3, -0.25) is 4.84 Å². The lowest BCUT2D eigenvalue weighted by Gasteiger charge is -2.06. The zero-order chi connectivity index (χ0) is 9.56. The van der Waals surface area contributed by atoms with Gasteiger partial charge in [-0.05, 0) is 0 Å². The van der Waals surface area contributed by atoms with Crippen LogP contribution in [0.15, 0.2) is 0 Å². The van der Waals surface area contributed by atoms with Gasteiger partial charge in [0.1, 0.15) is 6.61 Å². The fourth-order valence-electron chi connectivity index (χ4n) is 0.341. The van der Waals surface area contributed by atoms with E-state index < -0.39 is 23.0 Å². The number of hydrogen-bond acceptors (Lipinski definition) is 7. The predicted molar refractivity (Wildman–Crippen MR) is 33.3 cm³/mol. The Morgan fingerprint density at radius 3 is 2.42 bits per heavy atom. The minimum atomic E-state index is -1.32. The highest BCUT2D eigenvalue weighted by atomic mass is 17.0. The zero-order valence-electron chi connectivity index (χ0n) is 5.78.